The van der Waals surface area contributed by atoms with Crippen LogP contribution in [0.15, 0.2) is 59.8 Å². The molecule has 4 N–H and O–H groups in total. The Hall–Kier alpha value is -3.87. The fraction of sp³-hybridized carbons (Fsp3) is 0.100. The Bertz CT molecular complexity index is 1280. The minimum Gasteiger partial charge on any atom is -0.335 e. The summed E-state index contributed by atoms with van der Waals surface area (Å²) in [6, 6.07) is 11.8. The number of hydrogen-bond donors (Lipinski definition) is 3. The Balaban J connectivity index is 1.41. The number of alkyl halides is 3. The van der Waals surface area contributed by atoms with E-state index in [1.807, 2.05) is 0 Å². The summed E-state index contributed by atoms with van der Waals surface area (Å²) >= 11 is 0.959. The molecule has 2 aromatic carbocycles. The zero-order valence-corrected chi connectivity index (χ0v) is 17.4. The molecular formula is C20H15F4N7OS. The second kappa shape index (κ2) is 8.94. The summed E-state index contributed by atoms with van der Waals surface area (Å²) in [6.07, 6.45) is -4.51. The van der Waals surface area contributed by atoms with Gasteiger partial charge in [0.15, 0.2) is 0 Å². The number of amides is 1. The van der Waals surface area contributed by atoms with Gasteiger partial charge in [-0.15, -0.1) is 10.2 Å². The minimum atomic E-state index is -4.51. The van der Waals surface area contributed by atoms with Crippen molar-refractivity contribution in [2.75, 3.05) is 16.9 Å². The molecule has 170 valence electrons. The lowest BCUT2D eigenvalue weighted by molar-refractivity contribution is -0.137. The van der Waals surface area contributed by atoms with Crippen LogP contribution in [0.4, 0.5) is 23.2 Å². The summed E-state index contributed by atoms with van der Waals surface area (Å²) in [5.74, 6) is 5.21. The molecule has 0 saturated carbocycles. The topological polar surface area (TPSA) is 115 Å². The molecule has 1 amide bonds. The first-order valence-corrected chi connectivity index (χ1v) is 10.3. The number of halogens is 4. The molecule has 0 aliphatic carbocycles. The average molecular weight is 477 g/mol. The van der Waals surface area contributed by atoms with E-state index in [9.17, 15) is 22.4 Å². The zero-order valence-electron chi connectivity index (χ0n) is 16.6. The number of nitrogens with two attached hydrogens (primary N) is 1. The third-order valence-corrected chi connectivity index (χ3v) is 5.37. The summed E-state index contributed by atoms with van der Waals surface area (Å²) in [5, 5.41) is 17.5. The molecule has 0 saturated heterocycles. The monoisotopic (exact) mass is 477 g/mol. The van der Waals surface area contributed by atoms with Crippen LogP contribution in [0.3, 0.4) is 0 Å². The molecule has 0 spiro atoms. The van der Waals surface area contributed by atoms with Gasteiger partial charge in [-0.25, -0.2) is 9.07 Å². The van der Waals surface area contributed by atoms with Crippen LogP contribution in [0, 0.1) is 5.82 Å². The SMILES string of the molecule is Nn1c(SCC(=O)Nc2cccc(C(F)(F)F)c2)nnc1-c1cc(-c2ccc(F)cc2)n[nH]1. The Kier molecular flexibility index (Phi) is 6.05. The maximum absolute atomic E-state index is 13.1. The predicted molar refractivity (Wildman–Crippen MR) is 114 cm³/mol. The minimum absolute atomic E-state index is 0.0242. The number of benzene rings is 2. The number of H-pyrrole nitrogens is 1. The Labute approximate surface area is 188 Å². The highest BCUT2D eigenvalue weighted by Crippen LogP contribution is 2.31. The number of rotatable bonds is 6. The number of carbonyl (C=O) groups excluding carboxylic acids is 1. The summed E-state index contributed by atoms with van der Waals surface area (Å²) in [7, 11) is 0. The van der Waals surface area contributed by atoms with Crippen molar-refractivity contribution in [2.45, 2.75) is 11.3 Å². The van der Waals surface area contributed by atoms with Gasteiger partial charge in [0.2, 0.25) is 16.9 Å². The van der Waals surface area contributed by atoms with Crippen molar-refractivity contribution in [1.82, 2.24) is 25.1 Å². The smallest absolute Gasteiger partial charge is 0.335 e. The van der Waals surface area contributed by atoms with Crippen LogP contribution in [-0.4, -0.2) is 36.7 Å². The molecule has 0 aliphatic heterocycles. The second-order valence-corrected chi connectivity index (χ2v) is 7.71. The fourth-order valence-electron chi connectivity index (χ4n) is 2.86. The molecule has 4 rings (SSSR count). The van der Waals surface area contributed by atoms with Crippen molar-refractivity contribution >= 4 is 23.4 Å². The van der Waals surface area contributed by atoms with E-state index in [2.05, 4.69) is 25.7 Å². The van der Waals surface area contributed by atoms with Crippen LogP contribution in [0.1, 0.15) is 5.56 Å². The highest BCUT2D eigenvalue weighted by atomic mass is 32.2. The van der Waals surface area contributed by atoms with Gasteiger partial charge in [-0.3, -0.25) is 9.89 Å². The van der Waals surface area contributed by atoms with Crippen molar-refractivity contribution in [3.05, 3.63) is 66.0 Å². The number of thioether (sulfide) groups is 1. The lowest BCUT2D eigenvalue weighted by atomic mass is 10.1. The molecule has 0 aliphatic rings. The summed E-state index contributed by atoms with van der Waals surface area (Å²) in [5.41, 5.74) is 0.838. The first kappa shape index (κ1) is 22.3. The van der Waals surface area contributed by atoms with E-state index in [-0.39, 0.29) is 28.2 Å². The van der Waals surface area contributed by atoms with E-state index in [0.717, 1.165) is 28.6 Å². The van der Waals surface area contributed by atoms with Crippen molar-refractivity contribution in [3.8, 4) is 22.8 Å². The number of aromatic nitrogens is 5. The van der Waals surface area contributed by atoms with Gasteiger partial charge < -0.3 is 11.2 Å². The highest BCUT2D eigenvalue weighted by molar-refractivity contribution is 7.99. The van der Waals surface area contributed by atoms with E-state index < -0.39 is 17.6 Å². The number of anilines is 1. The Morgan fingerprint density at radius 3 is 2.61 bits per heavy atom. The quantitative estimate of drug-likeness (QED) is 0.220. The highest BCUT2D eigenvalue weighted by Gasteiger charge is 2.30. The average Bonchev–Trinajstić information content (AvgIpc) is 3.39. The van der Waals surface area contributed by atoms with Crippen LogP contribution in [0.2, 0.25) is 0 Å². The van der Waals surface area contributed by atoms with Crippen molar-refractivity contribution in [1.29, 1.82) is 0 Å². The van der Waals surface area contributed by atoms with Gasteiger partial charge in [0.1, 0.15) is 11.5 Å². The molecule has 13 heteroatoms. The molecular weight excluding hydrogens is 462 g/mol. The fourth-order valence-corrected chi connectivity index (χ4v) is 3.52. The van der Waals surface area contributed by atoms with Gasteiger partial charge in [0.05, 0.1) is 17.0 Å². The third-order valence-electron chi connectivity index (χ3n) is 4.43. The Morgan fingerprint density at radius 2 is 1.88 bits per heavy atom. The molecule has 0 radical (unpaired) electrons. The molecule has 0 bridgehead atoms. The van der Waals surface area contributed by atoms with Crippen LogP contribution >= 0.6 is 11.8 Å². The van der Waals surface area contributed by atoms with E-state index in [1.54, 1.807) is 18.2 Å². The van der Waals surface area contributed by atoms with Crippen molar-refractivity contribution < 1.29 is 22.4 Å². The van der Waals surface area contributed by atoms with E-state index >= 15 is 0 Å². The number of carbonyl (C=O) groups is 1. The van der Waals surface area contributed by atoms with Gasteiger partial charge in [0, 0.05) is 11.3 Å². The summed E-state index contributed by atoms with van der Waals surface area (Å²) in [6.45, 7) is 0. The van der Waals surface area contributed by atoms with Gasteiger partial charge >= 0.3 is 6.18 Å². The lowest BCUT2D eigenvalue weighted by Crippen LogP contribution is -2.17. The van der Waals surface area contributed by atoms with Crippen molar-refractivity contribution in [3.63, 3.8) is 0 Å². The Morgan fingerprint density at radius 1 is 1.12 bits per heavy atom. The number of aromatic amines is 1. The molecule has 33 heavy (non-hydrogen) atoms. The maximum Gasteiger partial charge on any atom is 0.416 e. The molecule has 2 aromatic heterocycles. The first-order chi connectivity index (χ1) is 15.7. The lowest BCUT2D eigenvalue weighted by Gasteiger charge is -2.09. The van der Waals surface area contributed by atoms with Crippen LogP contribution in [0.5, 0.6) is 0 Å². The van der Waals surface area contributed by atoms with Crippen LogP contribution in [-0.2, 0) is 11.0 Å². The van der Waals surface area contributed by atoms with Crippen LogP contribution in [0.25, 0.3) is 22.8 Å². The first-order valence-electron chi connectivity index (χ1n) is 9.33. The number of nitrogen functional groups attached to an aromatic ring is 1. The molecule has 8 nitrogen and oxygen atoms in total. The van der Waals surface area contributed by atoms with Gasteiger partial charge in [0.25, 0.3) is 0 Å². The van der Waals surface area contributed by atoms with Gasteiger partial charge in [-0.05, 0) is 48.5 Å². The molecule has 0 fully saturated rings. The number of nitrogens with zero attached hydrogens (tertiary/aromatic N) is 4. The van der Waals surface area contributed by atoms with Gasteiger partial charge in [-0.2, -0.15) is 18.3 Å². The molecule has 2 heterocycles. The second-order valence-electron chi connectivity index (χ2n) is 6.77. The molecule has 0 unspecified atom stereocenters. The van der Waals surface area contributed by atoms with E-state index in [4.69, 9.17) is 5.84 Å². The summed E-state index contributed by atoms with van der Waals surface area (Å²) in [4.78, 5) is 12.2. The molecule has 0 atom stereocenters. The number of hydrogen-bond acceptors (Lipinski definition) is 6. The largest absolute Gasteiger partial charge is 0.416 e. The maximum atomic E-state index is 13.1. The summed E-state index contributed by atoms with van der Waals surface area (Å²) < 4.78 is 52.7. The van der Waals surface area contributed by atoms with Gasteiger partial charge in [-0.1, -0.05) is 17.8 Å². The standard InChI is InChI=1S/C20H15F4N7OS/c21-13-6-4-11(5-7-13)15-9-16(28-27-15)18-29-30-19(31(18)25)33-10-17(32)26-14-3-1-2-12(8-14)20(22,23)24/h1-9H,10,25H2,(H,26,32)(H,27,28). The zero-order chi connectivity index (χ0) is 23.6. The van der Waals surface area contributed by atoms with E-state index in [0.29, 0.717) is 17.0 Å². The van der Waals surface area contributed by atoms with E-state index in [1.165, 1.54) is 24.3 Å². The van der Waals surface area contributed by atoms with Crippen LogP contribution < -0.4 is 11.2 Å². The van der Waals surface area contributed by atoms with Crippen molar-refractivity contribution in [2.24, 2.45) is 0 Å². The number of nitrogens with one attached hydrogen (secondary N) is 2. The molecule has 4 aromatic rings. The third kappa shape index (κ3) is 5.14. The predicted octanol–water partition coefficient (Wildman–Crippen LogP) is 3.94. The normalized spacial score (nSPS) is 11.5.